The van der Waals surface area contributed by atoms with E-state index in [-0.39, 0.29) is 0 Å². The number of rotatable bonds is 4. The predicted octanol–water partition coefficient (Wildman–Crippen LogP) is 1.76. The second-order valence-corrected chi connectivity index (χ2v) is 7.11. The van der Waals surface area contributed by atoms with E-state index < -0.39 is 0 Å². The Morgan fingerprint density at radius 3 is 2.95 bits per heavy atom. The molecule has 0 unspecified atom stereocenters. The maximum Gasteiger partial charge on any atom is 0.223 e. The smallest absolute Gasteiger partial charge is 0.223 e. The number of aromatic nitrogens is 3. The predicted molar refractivity (Wildman–Crippen MR) is 82.5 cm³/mol. The molecule has 2 fully saturated rings. The topological polar surface area (TPSA) is 63.1 Å². The van der Waals surface area contributed by atoms with Crippen LogP contribution < -0.4 is 5.32 Å². The first kappa shape index (κ1) is 13.1. The van der Waals surface area contributed by atoms with E-state index in [2.05, 4.69) is 20.3 Å². The fraction of sp³-hybridized carbons (Fsp3) is 0.643. The third-order valence-electron chi connectivity index (χ3n) is 4.31. The third-order valence-corrected chi connectivity index (χ3v) is 5.42. The number of carbonyl (C=O) groups is 1. The molecular formula is C14H19N5OS. The summed E-state index contributed by atoms with van der Waals surface area (Å²) in [7, 11) is 1.92. The van der Waals surface area contributed by atoms with Crippen LogP contribution >= 0.6 is 11.3 Å². The summed E-state index contributed by atoms with van der Waals surface area (Å²) in [5.74, 6) is 0.734. The maximum atomic E-state index is 11.9. The van der Waals surface area contributed by atoms with Gasteiger partial charge in [-0.2, -0.15) is 5.10 Å². The van der Waals surface area contributed by atoms with Crippen molar-refractivity contribution in [3.05, 3.63) is 5.69 Å². The highest BCUT2D eigenvalue weighted by molar-refractivity contribution is 7.22. The van der Waals surface area contributed by atoms with Crippen LogP contribution in [0.1, 0.15) is 25.0 Å². The molecule has 0 aromatic carbocycles. The lowest BCUT2D eigenvalue weighted by Crippen LogP contribution is -2.28. The number of amides is 1. The average Bonchev–Trinajstić information content (AvgIpc) is 2.99. The highest BCUT2D eigenvalue weighted by Gasteiger charge is 2.39. The van der Waals surface area contributed by atoms with Gasteiger partial charge in [0.2, 0.25) is 5.91 Å². The van der Waals surface area contributed by atoms with Gasteiger partial charge in [-0.25, -0.2) is 9.67 Å². The van der Waals surface area contributed by atoms with Crippen LogP contribution in [-0.2, 0) is 11.8 Å². The van der Waals surface area contributed by atoms with Crippen LogP contribution in [0.5, 0.6) is 0 Å². The van der Waals surface area contributed by atoms with E-state index in [1.807, 2.05) is 18.7 Å². The molecule has 1 atom stereocenters. The molecule has 3 heterocycles. The molecule has 0 spiro atoms. The Morgan fingerprint density at radius 2 is 2.24 bits per heavy atom. The molecule has 112 valence electrons. The minimum atomic E-state index is 0.327. The van der Waals surface area contributed by atoms with Crippen molar-refractivity contribution in [3.63, 3.8) is 0 Å². The van der Waals surface area contributed by atoms with Crippen molar-refractivity contribution < 1.29 is 4.79 Å². The number of thiazole rings is 1. The van der Waals surface area contributed by atoms with Gasteiger partial charge in [0.15, 0.2) is 10.8 Å². The number of aryl methyl sites for hydroxylation is 2. The first-order chi connectivity index (χ1) is 10.1. The fourth-order valence-electron chi connectivity index (χ4n) is 3.08. The molecular weight excluding hydrogens is 286 g/mol. The molecule has 1 saturated carbocycles. The molecule has 2 aromatic heterocycles. The summed E-state index contributed by atoms with van der Waals surface area (Å²) in [6.07, 6.45) is 3.06. The number of hydrogen-bond acceptors (Lipinski definition) is 5. The van der Waals surface area contributed by atoms with Gasteiger partial charge in [0, 0.05) is 38.5 Å². The average molecular weight is 305 g/mol. The van der Waals surface area contributed by atoms with Gasteiger partial charge < -0.3 is 10.2 Å². The molecule has 1 aliphatic heterocycles. The van der Waals surface area contributed by atoms with Crippen LogP contribution in [0, 0.1) is 12.8 Å². The number of likely N-dealkylation sites (tertiary alicyclic amines) is 1. The zero-order valence-electron chi connectivity index (χ0n) is 12.3. The number of hydrogen-bond donors (Lipinski definition) is 1. The Kier molecular flexibility index (Phi) is 2.92. The maximum absolute atomic E-state index is 11.9. The van der Waals surface area contributed by atoms with Gasteiger partial charge in [-0.1, -0.05) is 11.3 Å². The fourth-order valence-corrected chi connectivity index (χ4v) is 4.02. The molecule has 6 nitrogen and oxygen atoms in total. The van der Waals surface area contributed by atoms with E-state index in [4.69, 9.17) is 0 Å². The molecule has 1 aliphatic carbocycles. The first-order valence-corrected chi connectivity index (χ1v) is 8.27. The van der Waals surface area contributed by atoms with E-state index in [1.54, 1.807) is 11.3 Å². The normalized spacial score (nSPS) is 22.5. The third kappa shape index (κ3) is 2.29. The van der Waals surface area contributed by atoms with Crippen LogP contribution in [0.3, 0.4) is 0 Å². The Balaban J connectivity index is 1.41. The summed E-state index contributed by atoms with van der Waals surface area (Å²) in [4.78, 5) is 18.6. The van der Waals surface area contributed by atoms with Crippen molar-refractivity contribution in [2.45, 2.75) is 32.2 Å². The Labute approximate surface area is 127 Å². The summed E-state index contributed by atoms with van der Waals surface area (Å²) < 4.78 is 2.96. The van der Waals surface area contributed by atoms with Crippen molar-refractivity contribution >= 4 is 32.7 Å². The zero-order chi connectivity index (χ0) is 14.6. The van der Waals surface area contributed by atoms with E-state index in [9.17, 15) is 4.79 Å². The molecule has 7 heteroatoms. The van der Waals surface area contributed by atoms with Gasteiger partial charge in [0.25, 0.3) is 0 Å². The Hall–Kier alpha value is -1.63. The van der Waals surface area contributed by atoms with Gasteiger partial charge >= 0.3 is 0 Å². The zero-order valence-corrected chi connectivity index (χ0v) is 13.1. The first-order valence-electron chi connectivity index (χ1n) is 7.45. The summed E-state index contributed by atoms with van der Waals surface area (Å²) in [6.45, 7) is 3.73. The number of anilines is 1. The van der Waals surface area contributed by atoms with Crippen LogP contribution in [-0.4, -0.2) is 44.7 Å². The van der Waals surface area contributed by atoms with Crippen molar-refractivity contribution in [3.8, 4) is 0 Å². The van der Waals surface area contributed by atoms with E-state index in [0.717, 1.165) is 34.3 Å². The Morgan fingerprint density at radius 1 is 1.43 bits per heavy atom. The van der Waals surface area contributed by atoms with E-state index in [1.165, 1.54) is 12.8 Å². The largest absolute Gasteiger partial charge is 0.361 e. The van der Waals surface area contributed by atoms with Crippen LogP contribution in [0.25, 0.3) is 10.3 Å². The summed E-state index contributed by atoms with van der Waals surface area (Å²) in [6, 6.07) is 0.540. The molecule has 2 aromatic rings. The SMILES string of the molecule is Cc1nn(C)c2nc(NC[C@@H]3CC(=O)N(C4CC4)C3)sc12. The number of carbonyl (C=O) groups excluding carboxylic acids is 1. The van der Waals surface area contributed by atoms with E-state index >= 15 is 0 Å². The van der Waals surface area contributed by atoms with Gasteiger partial charge in [-0.05, 0) is 19.8 Å². The van der Waals surface area contributed by atoms with Gasteiger partial charge in [-0.3, -0.25) is 4.79 Å². The monoisotopic (exact) mass is 305 g/mol. The van der Waals surface area contributed by atoms with Gasteiger partial charge in [0.05, 0.1) is 10.4 Å². The molecule has 0 bridgehead atoms. The highest BCUT2D eigenvalue weighted by Crippen LogP contribution is 2.33. The molecule has 4 rings (SSSR count). The number of nitrogens with one attached hydrogen (secondary N) is 1. The summed E-state index contributed by atoms with van der Waals surface area (Å²) >= 11 is 1.64. The summed E-state index contributed by atoms with van der Waals surface area (Å²) in [5.41, 5.74) is 1.95. The van der Waals surface area contributed by atoms with E-state index in [0.29, 0.717) is 24.3 Å². The minimum Gasteiger partial charge on any atom is -0.361 e. The number of nitrogens with zero attached hydrogens (tertiary/aromatic N) is 4. The minimum absolute atomic E-state index is 0.327. The quantitative estimate of drug-likeness (QED) is 0.935. The second kappa shape index (κ2) is 4.69. The van der Waals surface area contributed by atoms with Crippen LogP contribution in [0.2, 0.25) is 0 Å². The van der Waals surface area contributed by atoms with Crippen molar-refractivity contribution in [2.24, 2.45) is 13.0 Å². The molecule has 1 saturated heterocycles. The molecule has 0 radical (unpaired) electrons. The van der Waals surface area contributed by atoms with Crippen LogP contribution in [0.4, 0.5) is 5.13 Å². The van der Waals surface area contributed by atoms with Crippen molar-refractivity contribution in [1.29, 1.82) is 0 Å². The number of fused-ring (bicyclic) bond motifs is 1. The van der Waals surface area contributed by atoms with Gasteiger partial charge in [-0.15, -0.1) is 0 Å². The second-order valence-electron chi connectivity index (χ2n) is 6.11. The lowest BCUT2D eigenvalue weighted by Gasteiger charge is -2.15. The Bertz CT molecular complexity index is 667. The lowest BCUT2D eigenvalue weighted by molar-refractivity contribution is -0.128. The molecule has 1 amide bonds. The molecule has 1 N–H and O–H groups in total. The molecule has 21 heavy (non-hydrogen) atoms. The molecule has 2 aliphatic rings. The van der Waals surface area contributed by atoms with Crippen molar-refractivity contribution in [2.75, 3.05) is 18.4 Å². The van der Waals surface area contributed by atoms with Crippen molar-refractivity contribution in [1.82, 2.24) is 19.7 Å². The lowest BCUT2D eigenvalue weighted by atomic mass is 10.1. The van der Waals surface area contributed by atoms with Crippen LogP contribution in [0.15, 0.2) is 0 Å². The highest BCUT2D eigenvalue weighted by atomic mass is 32.1. The summed E-state index contributed by atoms with van der Waals surface area (Å²) in [5, 5.41) is 8.69. The van der Waals surface area contributed by atoms with Gasteiger partial charge in [0.1, 0.15) is 0 Å². The standard InChI is InChI=1S/C14H19N5OS/c1-8-12-13(18(2)17-8)16-14(21-12)15-6-9-5-11(20)19(7-9)10-3-4-10/h9-10H,3-7H2,1-2H3,(H,15,16)/t9-/m0/s1.